The molecule has 0 radical (unpaired) electrons. The standard InChI is InChI=1S/C10H10Cl3N3OS.C10H10Cl3N3S.C2H6O2.2CH4/c1-7(18(2,17)16-6-14)8-3-4-9(15-5-8)10(11,12)13;1-7(17(2)16-6-14)8-3-4-9(15-5-8)10(11,12)13;1-2-4-3;;/h3-5,7H,1-2H3;3-5,7H,1-2H3;3H,2H2,1H3;2*1H4. The van der Waals surface area contributed by atoms with Crippen LogP contribution in [0.1, 0.15) is 68.6 Å². The van der Waals surface area contributed by atoms with Gasteiger partial charge < -0.3 is 0 Å². The zero-order valence-electron chi connectivity index (χ0n) is 21.4. The van der Waals surface area contributed by atoms with Gasteiger partial charge in [-0.3, -0.25) is 15.2 Å². The molecule has 0 fully saturated rings. The Balaban J connectivity index is -0.000000597. The maximum Gasteiger partial charge on any atom is 0.232 e. The van der Waals surface area contributed by atoms with E-state index in [0.29, 0.717) is 17.9 Å². The third-order valence-corrected chi connectivity index (χ3v) is 9.65. The van der Waals surface area contributed by atoms with Gasteiger partial charge in [0.05, 0.1) is 33.0 Å². The molecule has 41 heavy (non-hydrogen) atoms. The summed E-state index contributed by atoms with van der Waals surface area (Å²) in [5, 5.41) is 24.0. The van der Waals surface area contributed by atoms with Crippen LogP contribution in [0.4, 0.5) is 0 Å². The van der Waals surface area contributed by atoms with Gasteiger partial charge in [-0.15, -0.1) is 4.36 Å². The highest BCUT2D eigenvalue weighted by Gasteiger charge is 2.26. The molecular formula is C24H34Cl6N6O3S2. The Morgan fingerprint density at radius 3 is 1.68 bits per heavy atom. The molecule has 0 bridgehead atoms. The number of hydrogen-bond donors (Lipinski definition) is 1. The molecule has 0 saturated heterocycles. The molecule has 9 nitrogen and oxygen atoms in total. The average molecular weight is 731 g/mol. The lowest BCUT2D eigenvalue weighted by molar-refractivity contribution is -0.237. The monoisotopic (exact) mass is 728 g/mol. The Hall–Kier alpha value is -0.960. The molecule has 0 saturated carbocycles. The number of hydrogen-bond acceptors (Lipinski definition) is 9. The molecule has 2 rings (SSSR count). The summed E-state index contributed by atoms with van der Waals surface area (Å²) in [5.41, 5.74) is 2.29. The topological polar surface area (TPSA) is 145 Å². The second kappa shape index (κ2) is 20.9. The Morgan fingerprint density at radius 2 is 1.39 bits per heavy atom. The second-order valence-corrected chi connectivity index (χ2v) is 16.5. The van der Waals surface area contributed by atoms with Crippen molar-refractivity contribution < 1.29 is 14.4 Å². The fourth-order valence-electron chi connectivity index (χ4n) is 2.38. The zero-order chi connectivity index (χ0) is 30.4. The van der Waals surface area contributed by atoms with Crippen LogP contribution in [0.15, 0.2) is 45.4 Å². The molecule has 2 heterocycles. The highest BCUT2D eigenvalue weighted by atomic mass is 35.6. The predicted octanol–water partition coefficient (Wildman–Crippen LogP) is 9.20. The molecule has 0 amide bonds. The van der Waals surface area contributed by atoms with E-state index in [2.05, 4.69) is 23.6 Å². The molecule has 2 aromatic heterocycles. The van der Waals surface area contributed by atoms with Gasteiger partial charge >= 0.3 is 0 Å². The largest absolute Gasteiger partial charge is 0.256 e. The van der Waals surface area contributed by atoms with E-state index in [1.807, 2.05) is 25.4 Å². The van der Waals surface area contributed by atoms with Crippen LogP contribution in [0.3, 0.4) is 0 Å². The van der Waals surface area contributed by atoms with Crippen molar-refractivity contribution in [1.29, 1.82) is 10.5 Å². The van der Waals surface area contributed by atoms with Gasteiger partial charge in [-0.25, -0.2) is 9.10 Å². The van der Waals surface area contributed by atoms with Crippen LogP contribution in [-0.4, -0.2) is 38.6 Å². The van der Waals surface area contributed by atoms with E-state index < -0.39 is 22.6 Å². The summed E-state index contributed by atoms with van der Waals surface area (Å²) in [6.45, 7) is 5.77. The minimum absolute atomic E-state index is 0. The Bertz CT molecular complexity index is 1280. The first kappa shape index (κ1) is 44.5. The Morgan fingerprint density at radius 1 is 0.976 bits per heavy atom. The quantitative estimate of drug-likeness (QED) is 0.140. The number of pyridine rings is 2. The van der Waals surface area contributed by atoms with Gasteiger partial charge in [-0.1, -0.05) is 107 Å². The van der Waals surface area contributed by atoms with E-state index in [-0.39, 0.29) is 36.5 Å². The maximum atomic E-state index is 12.1. The smallest absolute Gasteiger partial charge is 0.232 e. The normalized spacial score (nSPS) is 14.3. The first-order chi connectivity index (χ1) is 18.0. The van der Waals surface area contributed by atoms with Crippen LogP contribution < -0.4 is 0 Å². The fourth-order valence-corrected chi connectivity index (χ4v) is 4.84. The molecule has 0 aliphatic heterocycles. The van der Waals surface area contributed by atoms with Crippen LogP contribution in [0.2, 0.25) is 0 Å². The van der Waals surface area contributed by atoms with Gasteiger partial charge in [0.15, 0.2) is 0 Å². The van der Waals surface area contributed by atoms with E-state index in [1.165, 1.54) is 12.5 Å². The molecule has 0 spiro atoms. The summed E-state index contributed by atoms with van der Waals surface area (Å²) in [7, 11) is -3.01. The van der Waals surface area contributed by atoms with Crippen molar-refractivity contribution >= 4 is 90.0 Å². The summed E-state index contributed by atoms with van der Waals surface area (Å²) >= 11 is 34.2. The summed E-state index contributed by atoms with van der Waals surface area (Å²) < 4.78 is 16.2. The number of nitrogens with zero attached hydrogens (tertiary/aromatic N) is 6. The summed E-state index contributed by atoms with van der Waals surface area (Å²) in [4.78, 5) is 11.6. The molecule has 232 valence electrons. The zero-order valence-corrected chi connectivity index (χ0v) is 27.5. The van der Waals surface area contributed by atoms with E-state index in [4.69, 9.17) is 85.4 Å². The van der Waals surface area contributed by atoms with E-state index in [0.717, 1.165) is 5.56 Å². The summed E-state index contributed by atoms with van der Waals surface area (Å²) in [5.74, 6) is 0. The van der Waals surface area contributed by atoms with Gasteiger partial charge in [-0.2, -0.15) is 14.9 Å². The Labute approximate surface area is 276 Å². The second-order valence-electron chi connectivity index (χ2n) is 7.42. The highest BCUT2D eigenvalue weighted by Crippen LogP contribution is 2.38. The lowest BCUT2D eigenvalue weighted by Crippen LogP contribution is -2.09. The minimum Gasteiger partial charge on any atom is -0.256 e. The van der Waals surface area contributed by atoms with E-state index >= 15 is 0 Å². The van der Waals surface area contributed by atoms with E-state index in [9.17, 15) is 4.21 Å². The molecule has 2 aromatic rings. The number of aromatic nitrogens is 2. The molecule has 0 aromatic carbocycles. The third-order valence-electron chi connectivity index (χ3n) is 4.80. The molecule has 0 aliphatic carbocycles. The lowest BCUT2D eigenvalue weighted by Gasteiger charge is -2.14. The molecule has 1 N–H and O–H groups in total. The van der Waals surface area contributed by atoms with Crippen LogP contribution >= 0.6 is 69.6 Å². The SMILES string of the molecule is C.C.CC(c1ccc(C(Cl)(Cl)Cl)nc1)S(C)(=O)=NC#N.CC(c1ccc(C(Cl)(Cl)Cl)nc1)S(C)=NC#N.CCOO. The predicted molar refractivity (Wildman–Crippen MR) is 175 cm³/mol. The minimum atomic E-state index is -2.64. The van der Waals surface area contributed by atoms with Gasteiger partial charge in [0.1, 0.15) is 0 Å². The van der Waals surface area contributed by atoms with Crippen molar-refractivity contribution in [2.24, 2.45) is 8.73 Å². The van der Waals surface area contributed by atoms with Gasteiger partial charge in [-0.05, 0) is 50.3 Å². The van der Waals surface area contributed by atoms with Crippen molar-refractivity contribution in [2.45, 2.75) is 53.7 Å². The van der Waals surface area contributed by atoms with Crippen LogP contribution in [0.5, 0.6) is 0 Å². The fraction of sp³-hybridized carbons (Fsp3) is 0.500. The lowest BCUT2D eigenvalue weighted by atomic mass is 10.2. The molecule has 4 atom stereocenters. The van der Waals surface area contributed by atoms with Crippen LogP contribution in [0.25, 0.3) is 0 Å². The molecule has 0 aliphatic rings. The first-order valence-corrected chi connectivity index (χ1v) is 16.5. The van der Waals surface area contributed by atoms with E-state index in [1.54, 1.807) is 44.4 Å². The summed E-state index contributed by atoms with van der Waals surface area (Å²) in [6.07, 6.45) is 9.81. The number of rotatable bonds is 5. The van der Waals surface area contributed by atoms with Crippen molar-refractivity contribution in [3.63, 3.8) is 0 Å². The molecule has 17 heteroatoms. The van der Waals surface area contributed by atoms with Crippen molar-refractivity contribution in [1.82, 2.24) is 9.97 Å². The average Bonchev–Trinajstić information content (AvgIpc) is 2.87. The van der Waals surface area contributed by atoms with Gasteiger partial charge in [0, 0.05) is 23.9 Å². The van der Waals surface area contributed by atoms with Gasteiger partial charge in [0.2, 0.25) is 20.0 Å². The van der Waals surface area contributed by atoms with Crippen molar-refractivity contribution in [2.75, 3.05) is 19.1 Å². The van der Waals surface area contributed by atoms with Gasteiger partial charge in [0.25, 0.3) is 0 Å². The van der Waals surface area contributed by atoms with Crippen molar-refractivity contribution in [3.05, 3.63) is 59.2 Å². The number of nitriles is 2. The highest BCUT2D eigenvalue weighted by molar-refractivity contribution is 7.93. The first-order valence-electron chi connectivity index (χ1n) is 10.6. The number of halogens is 6. The molecule has 4 unspecified atom stereocenters. The third kappa shape index (κ3) is 16.5. The van der Waals surface area contributed by atoms with Crippen molar-refractivity contribution in [3.8, 4) is 12.4 Å². The molecular weight excluding hydrogens is 697 g/mol. The van der Waals surface area contributed by atoms with Crippen LogP contribution in [-0.2, 0) is 32.9 Å². The Kier molecular flexibility index (Phi) is 22.6. The summed E-state index contributed by atoms with van der Waals surface area (Å²) in [6, 6.07) is 6.71. The number of alkyl halides is 6. The van der Waals surface area contributed by atoms with Crippen LogP contribution in [0, 0.1) is 22.9 Å². The maximum absolute atomic E-state index is 12.1.